The molecule has 10 heteroatoms. The van der Waals surface area contributed by atoms with E-state index in [4.69, 9.17) is 16.9 Å². The topological polar surface area (TPSA) is 124 Å². The van der Waals surface area contributed by atoms with Crippen LogP contribution >= 0.6 is 11.6 Å². The number of tetrazole rings is 1. The molecule has 0 saturated heterocycles. The molecule has 8 nitrogen and oxygen atoms in total. The van der Waals surface area contributed by atoms with E-state index in [-0.39, 0.29) is 27.7 Å². The van der Waals surface area contributed by atoms with E-state index in [9.17, 15) is 8.42 Å². The Morgan fingerprint density at radius 3 is 2.91 bits per heavy atom. The monoisotopic (exact) mass is 352 g/mol. The normalized spacial score (nSPS) is 12.0. The minimum Gasteiger partial charge on any atom is -0.359 e. The molecular weight excluding hydrogens is 340 g/mol. The Labute approximate surface area is 138 Å². The van der Waals surface area contributed by atoms with Gasteiger partial charge in [-0.2, -0.15) is 10.5 Å². The summed E-state index contributed by atoms with van der Waals surface area (Å²) >= 11 is 5.93. The zero-order valence-corrected chi connectivity index (χ0v) is 13.7. The predicted molar refractivity (Wildman–Crippen MR) is 85.2 cm³/mol. The summed E-state index contributed by atoms with van der Waals surface area (Å²) in [4.78, 5) is 0.116. The maximum Gasteiger partial charge on any atom is 0.216 e. The van der Waals surface area contributed by atoms with Crippen LogP contribution in [-0.4, -0.2) is 34.8 Å². The molecule has 0 amide bonds. The van der Waals surface area contributed by atoms with Gasteiger partial charge in [-0.3, -0.25) is 0 Å². The van der Waals surface area contributed by atoms with E-state index in [1.165, 1.54) is 24.4 Å². The molecule has 2 N–H and O–H groups in total. The number of hydrogen-bond donors (Lipinski definition) is 2. The van der Waals surface area contributed by atoms with Crippen molar-refractivity contribution in [3.8, 4) is 6.07 Å². The molecule has 2 aromatic rings. The largest absolute Gasteiger partial charge is 0.359 e. The summed E-state index contributed by atoms with van der Waals surface area (Å²) < 4.78 is 24.6. The lowest BCUT2D eigenvalue weighted by molar-refractivity contribution is 0.595. The predicted octanol–water partition coefficient (Wildman–Crippen LogP) is 2.01. The van der Waals surface area contributed by atoms with Crippen LogP contribution in [0.4, 0.5) is 5.69 Å². The van der Waals surface area contributed by atoms with Crippen LogP contribution in [0.15, 0.2) is 29.3 Å². The van der Waals surface area contributed by atoms with Crippen LogP contribution in [-0.2, 0) is 9.84 Å². The molecule has 2 rings (SSSR count). The summed E-state index contributed by atoms with van der Waals surface area (Å²) in [6.45, 7) is 1.78. The van der Waals surface area contributed by atoms with E-state index in [0.717, 1.165) is 0 Å². The summed E-state index contributed by atoms with van der Waals surface area (Å²) in [6, 6.07) is 6.32. The van der Waals surface area contributed by atoms with Gasteiger partial charge < -0.3 is 5.32 Å². The summed E-state index contributed by atoms with van der Waals surface area (Å²) in [6.07, 6.45) is 1.80. The van der Waals surface area contributed by atoms with Gasteiger partial charge in [0, 0.05) is 11.2 Å². The highest BCUT2D eigenvalue weighted by atomic mass is 35.5. The zero-order valence-electron chi connectivity index (χ0n) is 12.1. The van der Waals surface area contributed by atoms with E-state index in [0.29, 0.717) is 11.4 Å². The van der Waals surface area contributed by atoms with Crippen LogP contribution in [0.25, 0.3) is 5.57 Å². The minimum absolute atomic E-state index is 0.0168. The van der Waals surface area contributed by atoms with Gasteiger partial charge in [0.05, 0.1) is 16.3 Å². The highest BCUT2D eigenvalue weighted by Crippen LogP contribution is 2.27. The van der Waals surface area contributed by atoms with Crippen LogP contribution in [0.2, 0.25) is 5.02 Å². The first-order chi connectivity index (χ1) is 11.0. The molecule has 0 spiro atoms. The highest BCUT2D eigenvalue weighted by Gasteiger charge is 2.18. The average Bonchev–Trinajstić information content (AvgIpc) is 3.02. The Balaban J connectivity index is 2.40. The molecule has 0 saturated carbocycles. The van der Waals surface area contributed by atoms with Crippen molar-refractivity contribution in [3.63, 3.8) is 0 Å². The minimum atomic E-state index is -3.45. The van der Waals surface area contributed by atoms with Gasteiger partial charge in [0.2, 0.25) is 5.82 Å². The Bertz CT molecular complexity index is 855. The van der Waals surface area contributed by atoms with E-state index >= 15 is 0 Å². The molecule has 0 radical (unpaired) electrons. The fraction of sp³-hybridized carbons (Fsp3) is 0.231. The quantitative estimate of drug-likeness (QED) is 0.762. The smallest absolute Gasteiger partial charge is 0.216 e. The summed E-state index contributed by atoms with van der Waals surface area (Å²) in [5, 5.41) is 25.3. The van der Waals surface area contributed by atoms with Gasteiger partial charge in [-0.1, -0.05) is 18.5 Å². The number of aromatic nitrogens is 4. The maximum atomic E-state index is 12.3. The molecule has 0 aliphatic carbocycles. The van der Waals surface area contributed by atoms with Crippen molar-refractivity contribution in [1.29, 1.82) is 5.26 Å². The van der Waals surface area contributed by atoms with Gasteiger partial charge in [0.1, 0.15) is 11.6 Å². The van der Waals surface area contributed by atoms with Crippen LogP contribution in [0.5, 0.6) is 0 Å². The van der Waals surface area contributed by atoms with Gasteiger partial charge in [0.25, 0.3) is 0 Å². The number of nitrogens with one attached hydrogen (secondary N) is 2. The van der Waals surface area contributed by atoms with Gasteiger partial charge in [-0.15, -0.1) is 10.2 Å². The lowest BCUT2D eigenvalue weighted by Gasteiger charge is -2.10. The van der Waals surface area contributed by atoms with Gasteiger partial charge in [-0.25, -0.2) is 8.42 Å². The fourth-order valence-corrected chi connectivity index (χ4v) is 3.50. The first-order valence-corrected chi connectivity index (χ1v) is 8.64. The number of rotatable bonds is 6. The average molecular weight is 353 g/mol. The molecule has 23 heavy (non-hydrogen) atoms. The molecule has 0 aliphatic rings. The number of sulfone groups is 1. The molecule has 0 aliphatic heterocycles. The molecule has 0 bridgehead atoms. The summed E-state index contributed by atoms with van der Waals surface area (Å²) in [7, 11) is -3.45. The fourth-order valence-electron chi connectivity index (χ4n) is 1.84. The first-order valence-electron chi connectivity index (χ1n) is 6.61. The summed E-state index contributed by atoms with van der Waals surface area (Å²) in [5.41, 5.74) is 0.375. The number of hydrogen-bond acceptors (Lipinski definition) is 7. The number of nitrogens with zero attached hydrogens (tertiary/aromatic N) is 4. The molecule has 0 atom stereocenters. The third-order valence-electron chi connectivity index (χ3n) is 2.83. The lowest BCUT2D eigenvalue weighted by atomic mass is 10.3. The third-order valence-corrected chi connectivity index (χ3v) is 5.04. The van der Waals surface area contributed by atoms with Crippen LogP contribution in [0, 0.1) is 11.3 Å². The zero-order chi connectivity index (χ0) is 16.9. The number of H-pyrrole nitrogens is 1. The number of benzene rings is 1. The van der Waals surface area contributed by atoms with E-state index in [2.05, 4.69) is 25.9 Å². The van der Waals surface area contributed by atoms with Gasteiger partial charge in [-0.05, 0) is 29.8 Å². The summed E-state index contributed by atoms with van der Waals surface area (Å²) in [5.74, 6) is 0.114. The molecule has 1 aromatic heterocycles. The van der Waals surface area contributed by atoms with E-state index in [1.54, 1.807) is 6.92 Å². The van der Waals surface area contributed by atoms with Gasteiger partial charge >= 0.3 is 0 Å². The number of aromatic amines is 1. The number of nitriles is 1. The first kappa shape index (κ1) is 16.9. The van der Waals surface area contributed by atoms with Crippen molar-refractivity contribution in [2.24, 2.45) is 0 Å². The van der Waals surface area contributed by atoms with Crippen LogP contribution < -0.4 is 5.32 Å². The number of allylic oxidation sites excluding steroid dienone is 1. The second-order valence-corrected chi connectivity index (χ2v) is 7.02. The Morgan fingerprint density at radius 1 is 1.52 bits per heavy atom. The van der Waals surface area contributed by atoms with E-state index in [1.807, 2.05) is 6.07 Å². The van der Waals surface area contributed by atoms with Gasteiger partial charge in [0.15, 0.2) is 9.84 Å². The standard InChI is InChI=1S/C13H13ClN6O2S/c1-2-5-23(21,22)12-4-3-10(14)6-11(12)16-8-9(7-15)13-17-19-20-18-13/h3-4,6,8,16H,2,5H2,1H3,(H,17,18,19,20). The van der Waals surface area contributed by atoms with Crippen molar-refractivity contribution >= 4 is 32.7 Å². The van der Waals surface area contributed by atoms with Crippen molar-refractivity contribution in [2.75, 3.05) is 11.1 Å². The van der Waals surface area contributed by atoms with Crippen molar-refractivity contribution in [3.05, 3.63) is 35.2 Å². The number of halogens is 1. The molecule has 0 fully saturated rings. The Morgan fingerprint density at radius 2 is 2.30 bits per heavy atom. The number of anilines is 1. The van der Waals surface area contributed by atoms with Crippen LogP contribution in [0.3, 0.4) is 0 Å². The van der Waals surface area contributed by atoms with Crippen LogP contribution in [0.1, 0.15) is 19.2 Å². The van der Waals surface area contributed by atoms with Crippen molar-refractivity contribution in [2.45, 2.75) is 18.2 Å². The second kappa shape index (κ2) is 7.21. The maximum absolute atomic E-state index is 12.3. The Kier molecular flexibility index (Phi) is 5.31. The van der Waals surface area contributed by atoms with E-state index < -0.39 is 9.84 Å². The molecule has 1 heterocycles. The second-order valence-electron chi connectivity index (χ2n) is 4.51. The highest BCUT2D eigenvalue weighted by molar-refractivity contribution is 7.91. The SMILES string of the molecule is CCCS(=O)(=O)c1ccc(Cl)cc1NC=C(C#N)c1nn[nH]n1. The van der Waals surface area contributed by atoms with Crippen molar-refractivity contribution in [1.82, 2.24) is 20.6 Å². The molecule has 120 valence electrons. The molecule has 1 aromatic carbocycles. The molecular formula is C13H13ClN6O2S. The molecule has 0 unspecified atom stereocenters. The Hall–Kier alpha value is -2.44. The third kappa shape index (κ3) is 4.06. The van der Waals surface area contributed by atoms with Crippen molar-refractivity contribution < 1.29 is 8.42 Å². The lowest BCUT2D eigenvalue weighted by Crippen LogP contribution is -2.08.